The number of nitriles is 2. The number of para-hydroxylation sites is 1. The number of amides is 1. The van der Waals surface area contributed by atoms with Crippen molar-refractivity contribution in [1.29, 1.82) is 10.5 Å². The number of anilines is 1. The fourth-order valence-corrected chi connectivity index (χ4v) is 4.52. The Hall–Kier alpha value is -2.66. The largest absolute Gasteiger partial charge is 0.325 e. The summed E-state index contributed by atoms with van der Waals surface area (Å²) in [5.41, 5.74) is -1.72. The maximum atomic E-state index is 13.0. The number of rotatable bonds is 4. The van der Waals surface area contributed by atoms with Gasteiger partial charge < -0.3 is 5.32 Å². The van der Waals surface area contributed by atoms with E-state index in [1.807, 2.05) is 0 Å². The first kappa shape index (κ1) is 17.2. The van der Waals surface area contributed by atoms with Gasteiger partial charge in [0, 0.05) is 18.5 Å². The molecule has 1 fully saturated rings. The van der Waals surface area contributed by atoms with E-state index >= 15 is 0 Å². The summed E-state index contributed by atoms with van der Waals surface area (Å²) < 4.78 is 0. The molecule has 0 radical (unpaired) electrons. The van der Waals surface area contributed by atoms with Crippen LogP contribution in [0.2, 0.25) is 0 Å². The summed E-state index contributed by atoms with van der Waals surface area (Å²) in [6.07, 6.45) is 3.56. The summed E-state index contributed by atoms with van der Waals surface area (Å²) in [7, 11) is 0. The Bertz CT molecular complexity index is 788. The van der Waals surface area contributed by atoms with Crippen molar-refractivity contribution in [3.8, 4) is 12.1 Å². The zero-order chi connectivity index (χ0) is 18.1. The number of nitrogens with one attached hydrogen (secondary N) is 1. The summed E-state index contributed by atoms with van der Waals surface area (Å²) in [4.78, 5) is 25.5. The second kappa shape index (κ2) is 6.33. The number of nitrogens with zero attached hydrogens (tertiary/aromatic N) is 2. The molecule has 1 saturated carbocycles. The third kappa shape index (κ3) is 2.27. The normalized spacial score (nSPS) is 26.6. The van der Waals surface area contributed by atoms with Crippen molar-refractivity contribution in [1.82, 2.24) is 0 Å². The van der Waals surface area contributed by atoms with E-state index in [9.17, 15) is 20.1 Å². The molecule has 1 spiro atoms. The zero-order valence-electron chi connectivity index (χ0n) is 14.3. The van der Waals surface area contributed by atoms with Crippen molar-refractivity contribution in [2.45, 2.75) is 50.9 Å². The van der Waals surface area contributed by atoms with Gasteiger partial charge in [0.15, 0.2) is 5.41 Å². The predicted molar refractivity (Wildman–Crippen MR) is 92.3 cm³/mol. The standard InChI is InChI=1S/C20H21N3O2/c1-2-3-4-7-14-10-15(24)11-20(19(14,12-21)13-22)16-8-5-6-9-17(16)23-18(20)25/h5-6,8-9,14H,2-4,7,10-11H2,1H3,(H,23,25)/t14-,20+/m0/s1. The maximum Gasteiger partial charge on any atom is 0.238 e. The molecule has 0 aromatic heterocycles. The number of hydrogen-bond acceptors (Lipinski definition) is 4. The minimum absolute atomic E-state index is 0.0468. The Morgan fingerprint density at radius 3 is 2.60 bits per heavy atom. The van der Waals surface area contributed by atoms with E-state index in [0.717, 1.165) is 19.3 Å². The lowest BCUT2D eigenvalue weighted by Gasteiger charge is -2.46. The van der Waals surface area contributed by atoms with E-state index in [-0.39, 0.29) is 18.6 Å². The van der Waals surface area contributed by atoms with Crippen LogP contribution in [-0.2, 0) is 15.0 Å². The molecule has 128 valence electrons. The van der Waals surface area contributed by atoms with E-state index in [1.165, 1.54) is 0 Å². The number of ketones is 1. The number of fused-ring (bicyclic) bond motifs is 2. The molecule has 5 heteroatoms. The molecule has 1 aliphatic heterocycles. The van der Waals surface area contributed by atoms with Gasteiger partial charge in [-0.05, 0) is 24.0 Å². The molecule has 0 saturated heterocycles. The fourth-order valence-electron chi connectivity index (χ4n) is 4.52. The average molecular weight is 335 g/mol. The van der Waals surface area contributed by atoms with Crippen LogP contribution in [-0.4, -0.2) is 11.7 Å². The zero-order valence-corrected chi connectivity index (χ0v) is 14.3. The van der Waals surface area contributed by atoms with Crippen molar-refractivity contribution in [2.24, 2.45) is 11.3 Å². The molecule has 5 nitrogen and oxygen atoms in total. The van der Waals surface area contributed by atoms with Gasteiger partial charge in [0.2, 0.25) is 5.91 Å². The van der Waals surface area contributed by atoms with E-state index in [0.29, 0.717) is 17.7 Å². The quantitative estimate of drug-likeness (QED) is 0.852. The average Bonchev–Trinajstić information content (AvgIpc) is 2.89. The van der Waals surface area contributed by atoms with E-state index in [2.05, 4.69) is 24.4 Å². The van der Waals surface area contributed by atoms with Gasteiger partial charge in [0.25, 0.3) is 0 Å². The fraction of sp³-hybridized carbons (Fsp3) is 0.500. The molecule has 3 rings (SSSR count). The molecule has 1 aromatic carbocycles. The summed E-state index contributed by atoms with van der Waals surface area (Å²) in [6.45, 7) is 2.08. The Morgan fingerprint density at radius 1 is 1.20 bits per heavy atom. The first-order valence-corrected chi connectivity index (χ1v) is 8.81. The van der Waals surface area contributed by atoms with Crippen LogP contribution in [0.15, 0.2) is 24.3 Å². The molecule has 1 aliphatic carbocycles. The van der Waals surface area contributed by atoms with Gasteiger partial charge in [-0.15, -0.1) is 0 Å². The summed E-state index contributed by atoms with van der Waals surface area (Å²) >= 11 is 0. The molecule has 25 heavy (non-hydrogen) atoms. The molecule has 1 heterocycles. The number of carbonyl (C=O) groups excluding carboxylic acids is 2. The highest BCUT2D eigenvalue weighted by Gasteiger charge is 2.68. The molecule has 0 bridgehead atoms. The monoisotopic (exact) mass is 335 g/mol. The Labute approximate surface area is 147 Å². The number of Topliss-reactive ketones (excluding diaryl/α,β-unsaturated/α-hetero) is 1. The van der Waals surface area contributed by atoms with Crippen LogP contribution in [0.1, 0.15) is 51.0 Å². The minimum atomic E-state index is -1.52. The van der Waals surface area contributed by atoms with Gasteiger partial charge in [-0.1, -0.05) is 44.4 Å². The Morgan fingerprint density at radius 2 is 1.92 bits per heavy atom. The Kier molecular flexibility index (Phi) is 4.35. The van der Waals surface area contributed by atoms with Gasteiger partial charge in [-0.3, -0.25) is 9.59 Å². The second-order valence-electron chi connectivity index (χ2n) is 7.05. The van der Waals surface area contributed by atoms with Gasteiger partial charge in [0.05, 0.1) is 12.1 Å². The SMILES string of the molecule is CCCCC[C@H]1CC(=O)C[C@@]2(C(=O)Nc3ccccc32)C1(C#N)C#N. The molecule has 1 aromatic rings. The summed E-state index contributed by atoms with van der Waals surface area (Å²) in [5.74, 6) is -0.868. The van der Waals surface area contributed by atoms with Crippen LogP contribution in [0.25, 0.3) is 0 Å². The molecule has 2 atom stereocenters. The van der Waals surface area contributed by atoms with Crippen LogP contribution in [0, 0.1) is 34.0 Å². The van der Waals surface area contributed by atoms with E-state index < -0.39 is 22.7 Å². The van der Waals surface area contributed by atoms with Gasteiger partial charge in [0.1, 0.15) is 11.2 Å². The molecule has 0 unspecified atom stereocenters. The van der Waals surface area contributed by atoms with Crippen molar-refractivity contribution >= 4 is 17.4 Å². The number of hydrogen-bond donors (Lipinski definition) is 1. The smallest absolute Gasteiger partial charge is 0.238 e. The van der Waals surface area contributed by atoms with Gasteiger partial charge in [-0.25, -0.2) is 0 Å². The van der Waals surface area contributed by atoms with E-state index in [4.69, 9.17) is 0 Å². The molecule has 1 amide bonds. The minimum Gasteiger partial charge on any atom is -0.325 e. The van der Waals surface area contributed by atoms with Crippen molar-refractivity contribution in [2.75, 3.05) is 5.32 Å². The van der Waals surface area contributed by atoms with Crippen molar-refractivity contribution < 1.29 is 9.59 Å². The number of benzene rings is 1. The molecule has 1 N–H and O–H groups in total. The lowest BCUT2D eigenvalue weighted by molar-refractivity contribution is -0.136. The highest BCUT2D eigenvalue weighted by molar-refractivity contribution is 6.10. The van der Waals surface area contributed by atoms with Crippen molar-refractivity contribution in [3.63, 3.8) is 0 Å². The Balaban J connectivity index is 2.17. The molecule has 2 aliphatic rings. The van der Waals surface area contributed by atoms with Crippen LogP contribution in [0.4, 0.5) is 5.69 Å². The predicted octanol–water partition coefficient (Wildman–Crippen LogP) is 3.47. The maximum absolute atomic E-state index is 13.0. The lowest BCUT2D eigenvalue weighted by atomic mass is 9.49. The second-order valence-corrected chi connectivity index (χ2v) is 7.05. The first-order chi connectivity index (χ1) is 12.1. The summed E-state index contributed by atoms with van der Waals surface area (Å²) in [6, 6.07) is 11.5. The number of unbranched alkanes of at least 4 members (excludes halogenated alkanes) is 2. The highest BCUT2D eigenvalue weighted by atomic mass is 16.2. The topological polar surface area (TPSA) is 93.8 Å². The molecular formula is C20H21N3O2. The third-order valence-corrected chi connectivity index (χ3v) is 5.75. The van der Waals surface area contributed by atoms with Gasteiger partial charge in [-0.2, -0.15) is 10.5 Å². The lowest BCUT2D eigenvalue weighted by Crippen LogP contribution is -2.57. The summed E-state index contributed by atoms with van der Waals surface area (Å²) in [5, 5.41) is 22.9. The number of carbonyl (C=O) groups is 2. The molecular weight excluding hydrogens is 314 g/mol. The van der Waals surface area contributed by atoms with Gasteiger partial charge >= 0.3 is 0 Å². The third-order valence-electron chi connectivity index (χ3n) is 5.75. The van der Waals surface area contributed by atoms with E-state index in [1.54, 1.807) is 24.3 Å². The van der Waals surface area contributed by atoms with Crippen LogP contribution in [0.5, 0.6) is 0 Å². The highest BCUT2D eigenvalue weighted by Crippen LogP contribution is 2.59. The van der Waals surface area contributed by atoms with Crippen LogP contribution in [0.3, 0.4) is 0 Å². The van der Waals surface area contributed by atoms with Crippen LogP contribution >= 0.6 is 0 Å². The van der Waals surface area contributed by atoms with Crippen LogP contribution < -0.4 is 5.32 Å². The first-order valence-electron chi connectivity index (χ1n) is 8.81. The van der Waals surface area contributed by atoms with Crippen molar-refractivity contribution in [3.05, 3.63) is 29.8 Å².